The number of esters is 1. The van der Waals surface area contributed by atoms with Crippen molar-refractivity contribution in [1.29, 1.82) is 0 Å². The van der Waals surface area contributed by atoms with Crippen LogP contribution in [-0.2, 0) is 9.53 Å². The molecule has 21 heavy (non-hydrogen) atoms. The third-order valence-corrected chi connectivity index (χ3v) is 3.98. The van der Waals surface area contributed by atoms with Gasteiger partial charge in [-0.1, -0.05) is 6.07 Å². The molecular formula is C15H21N3O3. The molecule has 1 aromatic carbocycles. The monoisotopic (exact) mass is 291 g/mol. The van der Waals surface area contributed by atoms with Gasteiger partial charge in [0.25, 0.3) is 0 Å². The van der Waals surface area contributed by atoms with Gasteiger partial charge < -0.3 is 20.3 Å². The van der Waals surface area contributed by atoms with Crippen LogP contribution in [0.25, 0.3) is 0 Å². The van der Waals surface area contributed by atoms with E-state index in [1.54, 1.807) is 24.1 Å². The van der Waals surface area contributed by atoms with Crippen molar-refractivity contribution in [1.82, 2.24) is 4.90 Å². The van der Waals surface area contributed by atoms with Gasteiger partial charge in [0, 0.05) is 20.1 Å². The summed E-state index contributed by atoms with van der Waals surface area (Å²) in [5.41, 5.74) is 6.76. The summed E-state index contributed by atoms with van der Waals surface area (Å²) in [6.07, 6.45) is 0. The second-order valence-corrected chi connectivity index (χ2v) is 5.67. The van der Waals surface area contributed by atoms with E-state index in [-0.39, 0.29) is 5.91 Å². The van der Waals surface area contributed by atoms with E-state index in [2.05, 4.69) is 0 Å². The second kappa shape index (κ2) is 5.27. The number of para-hydroxylation sites is 1. The highest BCUT2D eigenvalue weighted by Gasteiger charge is 2.41. The summed E-state index contributed by atoms with van der Waals surface area (Å²) in [6, 6.07) is 5.19. The molecule has 0 radical (unpaired) electrons. The standard InChI is InChI=1S/C15H21N3O3/c1-15(2)14(20)17(3)8-9-18(15)11-7-5-6-10(12(11)16)13(19)21-4/h5-7H,8-9,16H2,1-4H3. The molecule has 0 unspecified atom stereocenters. The minimum Gasteiger partial charge on any atom is -0.465 e. The summed E-state index contributed by atoms with van der Waals surface area (Å²) >= 11 is 0. The van der Waals surface area contributed by atoms with Gasteiger partial charge in [0.15, 0.2) is 0 Å². The number of nitrogen functional groups attached to an aromatic ring is 1. The molecular weight excluding hydrogens is 270 g/mol. The lowest BCUT2D eigenvalue weighted by Gasteiger charge is -2.46. The first-order valence-corrected chi connectivity index (χ1v) is 6.80. The minimum absolute atomic E-state index is 0.0246. The molecule has 6 nitrogen and oxygen atoms in total. The Labute approximate surface area is 124 Å². The van der Waals surface area contributed by atoms with E-state index in [1.807, 2.05) is 24.8 Å². The minimum atomic E-state index is -0.712. The van der Waals surface area contributed by atoms with Gasteiger partial charge in [0.05, 0.1) is 24.0 Å². The number of anilines is 2. The first-order valence-electron chi connectivity index (χ1n) is 6.80. The van der Waals surface area contributed by atoms with E-state index >= 15 is 0 Å². The molecule has 1 aromatic rings. The predicted octanol–water partition coefficient (Wildman–Crippen LogP) is 1.11. The van der Waals surface area contributed by atoms with Crippen LogP contribution >= 0.6 is 0 Å². The number of nitrogens with zero attached hydrogens (tertiary/aromatic N) is 2. The molecule has 2 rings (SSSR count). The number of hydrogen-bond donors (Lipinski definition) is 1. The molecule has 0 bridgehead atoms. The number of carbonyl (C=O) groups excluding carboxylic acids is 2. The maximum Gasteiger partial charge on any atom is 0.340 e. The topological polar surface area (TPSA) is 75.9 Å². The molecule has 0 aromatic heterocycles. The molecule has 1 amide bonds. The highest BCUT2D eigenvalue weighted by molar-refractivity contribution is 6.00. The summed E-state index contributed by atoms with van der Waals surface area (Å²) in [7, 11) is 3.10. The van der Waals surface area contributed by atoms with Gasteiger partial charge in [-0.25, -0.2) is 4.79 Å². The van der Waals surface area contributed by atoms with Crippen LogP contribution in [0.15, 0.2) is 18.2 Å². The van der Waals surface area contributed by atoms with E-state index in [1.165, 1.54) is 7.11 Å². The van der Waals surface area contributed by atoms with Crippen LogP contribution in [0.2, 0.25) is 0 Å². The average Bonchev–Trinajstić information content (AvgIpc) is 2.45. The van der Waals surface area contributed by atoms with E-state index < -0.39 is 11.5 Å². The molecule has 0 spiro atoms. The molecule has 0 atom stereocenters. The van der Waals surface area contributed by atoms with Crippen LogP contribution in [0.3, 0.4) is 0 Å². The Kier molecular flexibility index (Phi) is 3.80. The van der Waals surface area contributed by atoms with Crippen LogP contribution in [0.1, 0.15) is 24.2 Å². The zero-order valence-corrected chi connectivity index (χ0v) is 12.8. The summed E-state index contributed by atoms with van der Waals surface area (Å²) in [5.74, 6) is -0.454. The number of hydrogen-bond acceptors (Lipinski definition) is 5. The molecule has 2 N–H and O–H groups in total. The molecule has 1 saturated heterocycles. The van der Waals surface area contributed by atoms with Gasteiger partial charge in [-0.05, 0) is 26.0 Å². The SMILES string of the molecule is COC(=O)c1cccc(N2CCN(C)C(=O)C2(C)C)c1N. The normalized spacial score (nSPS) is 17.8. The number of nitrogens with two attached hydrogens (primary N) is 1. The van der Waals surface area contributed by atoms with Crippen molar-refractivity contribution in [2.75, 3.05) is 37.9 Å². The maximum absolute atomic E-state index is 12.4. The second-order valence-electron chi connectivity index (χ2n) is 5.67. The van der Waals surface area contributed by atoms with Crippen molar-refractivity contribution in [3.8, 4) is 0 Å². The van der Waals surface area contributed by atoms with Gasteiger partial charge in [0.2, 0.25) is 5.91 Å². The Bertz CT molecular complexity index is 584. The first-order chi connectivity index (χ1) is 9.80. The van der Waals surface area contributed by atoms with Crippen molar-refractivity contribution in [3.63, 3.8) is 0 Å². The third kappa shape index (κ3) is 2.41. The Morgan fingerprint density at radius 3 is 2.62 bits per heavy atom. The molecule has 0 aliphatic carbocycles. The Morgan fingerprint density at radius 2 is 2.00 bits per heavy atom. The number of carbonyl (C=O) groups is 2. The smallest absolute Gasteiger partial charge is 0.340 e. The number of piperazine rings is 1. The molecule has 6 heteroatoms. The molecule has 1 aliphatic heterocycles. The van der Waals surface area contributed by atoms with Gasteiger partial charge in [0.1, 0.15) is 5.54 Å². The van der Waals surface area contributed by atoms with Gasteiger partial charge in [-0.3, -0.25) is 4.79 Å². The zero-order chi connectivity index (χ0) is 15.8. The highest BCUT2D eigenvalue weighted by atomic mass is 16.5. The lowest BCUT2D eigenvalue weighted by atomic mass is 9.96. The van der Waals surface area contributed by atoms with Crippen molar-refractivity contribution >= 4 is 23.3 Å². The number of ether oxygens (including phenoxy) is 1. The lowest BCUT2D eigenvalue weighted by molar-refractivity contribution is -0.136. The van der Waals surface area contributed by atoms with Crippen LogP contribution in [-0.4, -0.2) is 49.6 Å². The number of benzene rings is 1. The van der Waals surface area contributed by atoms with Gasteiger partial charge in [-0.2, -0.15) is 0 Å². The van der Waals surface area contributed by atoms with Gasteiger partial charge >= 0.3 is 5.97 Å². The van der Waals surface area contributed by atoms with Crippen LogP contribution < -0.4 is 10.6 Å². The van der Waals surface area contributed by atoms with Crippen LogP contribution in [0.5, 0.6) is 0 Å². The van der Waals surface area contributed by atoms with Crippen molar-refractivity contribution in [2.45, 2.75) is 19.4 Å². The van der Waals surface area contributed by atoms with Gasteiger partial charge in [-0.15, -0.1) is 0 Å². The maximum atomic E-state index is 12.4. The Morgan fingerprint density at radius 1 is 1.33 bits per heavy atom. The fraction of sp³-hybridized carbons (Fsp3) is 0.467. The predicted molar refractivity (Wildman–Crippen MR) is 81.3 cm³/mol. The third-order valence-electron chi connectivity index (χ3n) is 3.98. The molecule has 114 valence electrons. The largest absolute Gasteiger partial charge is 0.465 e. The van der Waals surface area contributed by atoms with Crippen molar-refractivity contribution < 1.29 is 14.3 Å². The number of rotatable bonds is 2. The fourth-order valence-electron chi connectivity index (χ4n) is 2.71. The fourth-order valence-corrected chi connectivity index (χ4v) is 2.71. The van der Waals surface area contributed by atoms with Crippen molar-refractivity contribution in [3.05, 3.63) is 23.8 Å². The number of likely N-dealkylation sites (N-methyl/N-ethyl adjacent to an activating group) is 1. The van der Waals surface area contributed by atoms with Crippen LogP contribution in [0.4, 0.5) is 11.4 Å². The van der Waals surface area contributed by atoms with E-state index in [9.17, 15) is 9.59 Å². The van der Waals surface area contributed by atoms with Crippen molar-refractivity contribution in [2.24, 2.45) is 0 Å². The van der Waals surface area contributed by atoms with E-state index in [0.29, 0.717) is 30.0 Å². The summed E-state index contributed by atoms with van der Waals surface area (Å²) < 4.78 is 4.74. The lowest BCUT2D eigenvalue weighted by Crippen LogP contribution is -2.62. The van der Waals surface area contributed by atoms with Crippen LogP contribution in [0, 0.1) is 0 Å². The summed E-state index contributed by atoms with van der Waals surface area (Å²) in [4.78, 5) is 27.8. The zero-order valence-electron chi connectivity index (χ0n) is 12.8. The summed E-state index contributed by atoms with van der Waals surface area (Å²) in [5, 5.41) is 0. The quantitative estimate of drug-likeness (QED) is 0.652. The number of amides is 1. The molecule has 1 aliphatic rings. The Hall–Kier alpha value is -2.24. The Balaban J connectivity index is 2.47. The molecule has 1 fully saturated rings. The number of methoxy groups -OCH3 is 1. The summed E-state index contributed by atoms with van der Waals surface area (Å²) in [6.45, 7) is 4.98. The highest BCUT2D eigenvalue weighted by Crippen LogP contribution is 2.34. The van der Waals surface area contributed by atoms with E-state index in [0.717, 1.165) is 0 Å². The molecule has 0 saturated carbocycles. The molecule has 1 heterocycles. The average molecular weight is 291 g/mol. The first kappa shape index (κ1) is 15.2. The van der Waals surface area contributed by atoms with E-state index in [4.69, 9.17) is 10.5 Å².